The van der Waals surface area contributed by atoms with Gasteiger partial charge in [0.05, 0.1) is 0 Å². The summed E-state index contributed by atoms with van der Waals surface area (Å²) in [5, 5.41) is 7.37. The lowest BCUT2D eigenvalue weighted by Crippen LogP contribution is -2.42. The Morgan fingerprint density at radius 3 is 2.38 bits per heavy atom. The Hall–Kier alpha value is -1.44. The van der Waals surface area contributed by atoms with Gasteiger partial charge in [0, 0.05) is 7.05 Å². The molecule has 0 aliphatic carbocycles. The van der Waals surface area contributed by atoms with Crippen LogP contribution in [0, 0.1) is 5.41 Å². The van der Waals surface area contributed by atoms with E-state index in [9.17, 15) is 8.42 Å². The Bertz CT molecular complexity index is 458. The van der Waals surface area contributed by atoms with Gasteiger partial charge in [-0.05, 0) is 5.56 Å². The summed E-state index contributed by atoms with van der Waals surface area (Å²) in [4.78, 5) is 0. The van der Waals surface area contributed by atoms with Crippen LogP contribution in [0.3, 0.4) is 0 Å². The summed E-state index contributed by atoms with van der Waals surface area (Å²) in [6.45, 7) is 0. The highest BCUT2D eigenvalue weighted by molar-refractivity contribution is 7.87. The molecule has 5 N–H and O–H groups in total. The zero-order valence-electron chi connectivity index (χ0n) is 8.77. The van der Waals surface area contributed by atoms with E-state index in [0.29, 0.717) is 5.56 Å². The van der Waals surface area contributed by atoms with E-state index in [1.165, 1.54) is 7.05 Å². The first kappa shape index (κ1) is 12.6. The molecule has 0 saturated carbocycles. The highest BCUT2D eigenvalue weighted by atomic mass is 32.2. The molecule has 16 heavy (non-hydrogen) atoms. The topological polar surface area (TPSA) is 108 Å². The molecule has 0 amide bonds. The summed E-state index contributed by atoms with van der Waals surface area (Å²) >= 11 is 0. The average Bonchev–Trinajstić information content (AvgIpc) is 2.27. The number of hydrogen-bond donors (Lipinski definition) is 4. The second-order valence-electron chi connectivity index (χ2n) is 3.12. The van der Waals surface area contributed by atoms with Crippen LogP contribution in [0.25, 0.3) is 0 Å². The predicted molar refractivity (Wildman–Crippen MR) is 62.2 cm³/mol. The van der Waals surface area contributed by atoms with E-state index in [-0.39, 0.29) is 5.84 Å². The fourth-order valence-corrected chi connectivity index (χ4v) is 1.86. The molecule has 0 heterocycles. The molecule has 0 saturated heterocycles. The van der Waals surface area contributed by atoms with Gasteiger partial charge in [0.15, 0.2) is 0 Å². The van der Waals surface area contributed by atoms with Crippen LogP contribution in [-0.4, -0.2) is 21.3 Å². The van der Waals surface area contributed by atoms with Crippen LogP contribution in [0.2, 0.25) is 0 Å². The van der Waals surface area contributed by atoms with Crippen LogP contribution in [0.5, 0.6) is 0 Å². The summed E-state index contributed by atoms with van der Waals surface area (Å²) in [6.07, 6.45) is 0. The van der Waals surface area contributed by atoms with E-state index in [0.717, 1.165) is 0 Å². The Morgan fingerprint density at radius 1 is 1.38 bits per heavy atom. The largest absolute Gasteiger partial charge is 0.386 e. The van der Waals surface area contributed by atoms with Crippen LogP contribution in [0.4, 0.5) is 0 Å². The molecule has 0 aliphatic heterocycles. The molecular formula is C9H14N4O2S. The number of amidine groups is 1. The first-order valence-electron chi connectivity index (χ1n) is 4.56. The standard InChI is InChI=1S/C9H14N4O2S/c1-12-16(14,15)13-8(9(10)11)7-5-3-2-4-6-7/h2-6,8,12-13H,1H3,(H3,10,11). The predicted octanol–water partition coefficient (Wildman–Crippen LogP) is -0.283. The van der Waals surface area contributed by atoms with Gasteiger partial charge in [-0.15, -0.1) is 0 Å². The molecule has 7 heteroatoms. The van der Waals surface area contributed by atoms with Crippen LogP contribution >= 0.6 is 0 Å². The molecule has 0 aromatic heterocycles. The molecule has 1 unspecified atom stereocenters. The van der Waals surface area contributed by atoms with Crippen LogP contribution < -0.4 is 15.2 Å². The maximum absolute atomic E-state index is 11.3. The third kappa shape index (κ3) is 3.30. The molecule has 1 rings (SSSR count). The van der Waals surface area contributed by atoms with Crippen molar-refractivity contribution in [2.75, 3.05) is 7.05 Å². The first-order chi connectivity index (χ1) is 7.46. The molecule has 0 bridgehead atoms. The highest BCUT2D eigenvalue weighted by Gasteiger charge is 2.20. The van der Waals surface area contributed by atoms with Crippen LogP contribution in [0.1, 0.15) is 11.6 Å². The van der Waals surface area contributed by atoms with Crippen LogP contribution in [0.15, 0.2) is 30.3 Å². The zero-order chi connectivity index (χ0) is 12.2. The Morgan fingerprint density at radius 2 is 1.94 bits per heavy atom. The van der Waals surface area contributed by atoms with Crippen molar-refractivity contribution in [2.24, 2.45) is 5.73 Å². The van der Waals surface area contributed by atoms with E-state index in [4.69, 9.17) is 11.1 Å². The maximum Gasteiger partial charge on any atom is 0.277 e. The van der Waals surface area contributed by atoms with E-state index >= 15 is 0 Å². The molecule has 1 aromatic rings. The molecule has 1 atom stereocenters. The van der Waals surface area contributed by atoms with E-state index in [2.05, 4.69) is 9.44 Å². The van der Waals surface area contributed by atoms with Gasteiger partial charge >= 0.3 is 0 Å². The van der Waals surface area contributed by atoms with Gasteiger partial charge in [0.1, 0.15) is 11.9 Å². The number of hydrogen-bond acceptors (Lipinski definition) is 3. The average molecular weight is 242 g/mol. The zero-order valence-corrected chi connectivity index (χ0v) is 9.58. The quantitative estimate of drug-likeness (QED) is 0.421. The van der Waals surface area contributed by atoms with Crippen molar-refractivity contribution in [1.82, 2.24) is 9.44 Å². The van der Waals surface area contributed by atoms with Crippen molar-refractivity contribution in [3.8, 4) is 0 Å². The van der Waals surface area contributed by atoms with Gasteiger partial charge < -0.3 is 5.73 Å². The Kier molecular flexibility index (Phi) is 3.99. The van der Waals surface area contributed by atoms with E-state index in [1.807, 2.05) is 0 Å². The number of nitrogens with one attached hydrogen (secondary N) is 3. The van der Waals surface area contributed by atoms with Crippen molar-refractivity contribution in [2.45, 2.75) is 6.04 Å². The lowest BCUT2D eigenvalue weighted by atomic mass is 10.1. The molecule has 6 nitrogen and oxygen atoms in total. The van der Waals surface area contributed by atoms with Gasteiger partial charge in [0.2, 0.25) is 0 Å². The molecule has 0 radical (unpaired) electrons. The van der Waals surface area contributed by atoms with Gasteiger partial charge in [0.25, 0.3) is 10.2 Å². The summed E-state index contributed by atoms with van der Waals surface area (Å²) in [7, 11) is -2.35. The molecule has 0 spiro atoms. The highest BCUT2D eigenvalue weighted by Crippen LogP contribution is 2.12. The lowest BCUT2D eigenvalue weighted by molar-refractivity contribution is 0.568. The number of nitrogens with two attached hydrogens (primary N) is 1. The lowest BCUT2D eigenvalue weighted by Gasteiger charge is -2.17. The summed E-state index contributed by atoms with van der Waals surface area (Å²) < 4.78 is 27.0. The molecule has 0 aliphatic rings. The molecule has 1 aromatic carbocycles. The van der Waals surface area contributed by atoms with Crippen molar-refractivity contribution in [1.29, 1.82) is 5.41 Å². The minimum atomic E-state index is -3.63. The molecule has 0 fully saturated rings. The summed E-state index contributed by atoms with van der Waals surface area (Å²) in [5.41, 5.74) is 5.98. The minimum Gasteiger partial charge on any atom is -0.386 e. The molecule has 88 valence electrons. The molecular weight excluding hydrogens is 228 g/mol. The SMILES string of the molecule is CNS(=O)(=O)NC(C(=N)N)c1ccccc1. The van der Waals surface area contributed by atoms with Gasteiger partial charge in [-0.2, -0.15) is 13.1 Å². The van der Waals surface area contributed by atoms with Gasteiger partial charge in [-0.1, -0.05) is 30.3 Å². The number of rotatable bonds is 5. The number of benzene rings is 1. The summed E-state index contributed by atoms with van der Waals surface area (Å²) in [5.74, 6) is -0.259. The normalized spacial score (nSPS) is 13.3. The second kappa shape index (κ2) is 5.06. The first-order valence-corrected chi connectivity index (χ1v) is 6.04. The smallest absolute Gasteiger partial charge is 0.277 e. The Labute approximate surface area is 94.5 Å². The second-order valence-corrected chi connectivity index (χ2v) is 4.78. The van der Waals surface area contributed by atoms with Gasteiger partial charge in [-0.3, -0.25) is 5.41 Å². The van der Waals surface area contributed by atoms with Crippen molar-refractivity contribution < 1.29 is 8.42 Å². The monoisotopic (exact) mass is 242 g/mol. The third-order valence-corrected chi connectivity index (χ3v) is 3.07. The van der Waals surface area contributed by atoms with Crippen molar-refractivity contribution in [3.63, 3.8) is 0 Å². The summed E-state index contributed by atoms with van der Waals surface area (Å²) in [6, 6.07) is 7.85. The Balaban J connectivity index is 2.99. The van der Waals surface area contributed by atoms with Gasteiger partial charge in [-0.25, -0.2) is 4.72 Å². The van der Waals surface area contributed by atoms with Crippen molar-refractivity contribution >= 4 is 16.0 Å². The maximum atomic E-state index is 11.3. The van der Waals surface area contributed by atoms with Crippen LogP contribution in [-0.2, 0) is 10.2 Å². The third-order valence-electron chi connectivity index (χ3n) is 1.99. The van der Waals surface area contributed by atoms with E-state index < -0.39 is 16.3 Å². The van der Waals surface area contributed by atoms with E-state index in [1.54, 1.807) is 30.3 Å². The fraction of sp³-hybridized carbons (Fsp3) is 0.222. The fourth-order valence-electron chi connectivity index (χ4n) is 1.17. The van der Waals surface area contributed by atoms with Crippen molar-refractivity contribution in [3.05, 3.63) is 35.9 Å². The minimum absolute atomic E-state index is 0.259.